The van der Waals surface area contributed by atoms with Crippen LogP contribution in [0.4, 0.5) is 10.5 Å². The summed E-state index contributed by atoms with van der Waals surface area (Å²) in [4.78, 5) is 39.7. The fourth-order valence-electron chi connectivity index (χ4n) is 4.59. The number of carbonyl (C=O) groups excluding carboxylic acids is 3. The number of rotatable bonds is 5. The predicted molar refractivity (Wildman–Crippen MR) is 126 cm³/mol. The lowest BCUT2D eigenvalue weighted by molar-refractivity contribution is -0.131. The van der Waals surface area contributed by atoms with Gasteiger partial charge in [-0.25, -0.2) is 4.79 Å². The fraction of sp³-hybridized carbons (Fsp3) is 0.222. The Morgan fingerprint density at radius 2 is 1.70 bits per heavy atom. The molecular weight excluding hydrogens is 414 g/mol. The average molecular weight is 440 g/mol. The third-order valence-electron chi connectivity index (χ3n) is 6.54. The minimum Gasteiger partial charge on any atom is -0.322 e. The van der Waals surface area contributed by atoms with Crippen molar-refractivity contribution in [3.63, 3.8) is 0 Å². The Labute approximate surface area is 192 Å². The highest BCUT2D eigenvalue weighted by molar-refractivity contribution is 6.07. The monoisotopic (exact) mass is 439 g/mol. The van der Waals surface area contributed by atoms with Crippen LogP contribution in [0.1, 0.15) is 46.0 Å². The third-order valence-corrected chi connectivity index (χ3v) is 6.54. The summed E-state index contributed by atoms with van der Waals surface area (Å²) in [6.07, 6.45) is 3.20. The number of urea groups is 1. The molecule has 0 saturated carbocycles. The molecule has 33 heavy (non-hydrogen) atoms. The van der Waals surface area contributed by atoms with E-state index in [1.54, 1.807) is 31.2 Å². The first-order chi connectivity index (χ1) is 15.9. The quantitative estimate of drug-likeness (QED) is 0.579. The smallest absolute Gasteiger partial charge is 0.322 e. The van der Waals surface area contributed by atoms with E-state index in [2.05, 4.69) is 22.8 Å². The average Bonchev–Trinajstić information content (AvgIpc) is 3.38. The first-order valence-electron chi connectivity index (χ1n) is 11.2. The number of amides is 4. The number of aryl methyl sites for hydroxylation is 2. The molecule has 2 N–H and O–H groups in total. The van der Waals surface area contributed by atoms with Gasteiger partial charge in [0.05, 0.1) is 6.54 Å². The van der Waals surface area contributed by atoms with Gasteiger partial charge in [-0.1, -0.05) is 48.5 Å². The number of fused-ring (bicyclic) bond motifs is 1. The number of imide groups is 1. The Morgan fingerprint density at radius 3 is 2.45 bits per heavy atom. The molecule has 6 nitrogen and oxygen atoms in total. The summed E-state index contributed by atoms with van der Waals surface area (Å²) in [7, 11) is 0. The lowest BCUT2D eigenvalue weighted by atomic mass is 9.89. The van der Waals surface area contributed by atoms with E-state index in [0.29, 0.717) is 5.56 Å². The zero-order valence-corrected chi connectivity index (χ0v) is 18.4. The molecule has 0 aromatic heterocycles. The number of hydrogen-bond acceptors (Lipinski definition) is 3. The lowest BCUT2D eigenvalue weighted by Crippen LogP contribution is -2.40. The van der Waals surface area contributed by atoms with Crippen LogP contribution >= 0.6 is 0 Å². The third kappa shape index (κ3) is 3.89. The maximum Gasteiger partial charge on any atom is 0.325 e. The van der Waals surface area contributed by atoms with Crippen LogP contribution in [0.5, 0.6) is 0 Å². The van der Waals surface area contributed by atoms with Crippen LogP contribution in [-0.4, -0.2) is 22.7 Å². The molecular formula is C27H25N3O3. The number of hydrogen-bond donors (Lipinski definition) is 2. The Kier molecular flexibility index (Phi) is 5.21. The molecule has 166 valence electrons. The molecule has 0 radical (unpaired) electrons. The highest BCUT2D eigenvalue weighted by Crippen LogP contribution is 2.33. The standard InChI is InChI=1S/C27H25N3O3/c1-27(22-15-14-19-6-5-7-21(19)16-22)25(32)30(26(33)29-27)17-18-10-12-20(13-11-18)24(31)28-23-8-3-2-4-9-23/h2-4,8-16H,5-7,17H2,1H3,(H,28,31)(H,29,33)/t27-/m0/s1. The van der Waals surface area contributed by atoms with Crippen LogP contribution in [0.25, 0.3) is 0 Å². The highest BCUT2D eigenvalue weighted by Gasteiger charge is 2.49. The Bertz CT molecular complexity index is 1240. The molecule has 5 rings (SSSR count). The van der Waals surface area contributed by atoms with E-state index in [9.17, 15) is 14.4 Å². The second kappa shape index (κ2) is 8.20. The van der Waals surface area contributed by atoms with Gasteiger partial charge < -0.3 is 10.6 Å². The topological polar surface area (TPSA) is 78.5 Å². The predicted octanol–water partition coefficient (Wildman–Crippen LogP) is 4.39. The van der Waals surface area contributed by atoms with E-state index < -0.39 is 11.6 Å². The molecule has 3 aromatic carbocycles. The van der Waals surface area contributed by atoms with Crippen LogP contribution in [0, 0.1) is 0 Å². The van der Waals surface area contributed by atoms with Crippen LogP contribution in [0.15, 0.2) is 72.8 Å². The zero-order valence-electron chi connectivity index (χ0n) is 18.4. The van der Waals surface area contributed by atoms with Crippen molar-refractivity contribution in [2.24, 2.45) is 0 Å². The van der Waals surface area contributed by atoms with Crippen molar-refractivity contribution in [3.05, 3.63) is 101 Å². The number of carbonyl (C=O) groups is 3. The van der Waals surface area contributed by atoms with Gasteiger partial charge in [0, 0.05) is 11.3 Å². The van der Waals surface area contributed by atoms with Gasteiger partial charge in [-0.05, 0) is 72.7 Å². The van der Waals surface area contributed by atoms with E-state index in [1.807, 2.05) is 36.4 Å². The molecule has 6 heteroatoms. The summed E-state index contributed by atoms with van der Waals surface area (Å²) in [6.45, 7) is 1.91. The van der Waals surface area contributed by atoms with Crippen molar-refractivity contribution in [2.45, 2.75) is 38.3 Å². The molecule has 0 unspecified atom stereocenters. The van der Waals surface area contributed by atoms with Gasteiger partial charge in [-0.15, -0.1) is 0 Å². The molecule has 1 fully saturated rings. The molecule has 1 aliphatic heterocycles. The molecule has 4 amide bonds. The number of benzene rings is 3. The normalized spacial score (nSPS) is 19.4. The van der Waals surface area contributed by atoms with Crippen LogP contribution in [0.3, 0.4) is 0 Å². The van der Waals surface area contributed by atoms with Crippen molar-refractivity contribution >= 4 is 23.5 Å². The van der Waals surface area contributed by atoms with E-state index in [-0.39, 0.29) is 18.4 Å². The minimum absolute atomic E-state index is 0.145. The van der Waals surface area contributed by atoms with Gasteiger partial charge in [-0.2, -0.15) is 0 Å². The van der Waals surface area contributed by atoms with Crippen molar-refractivity contribution in [3.8, 4) is 0 Å². The number of para-hydroxylation sites is 1. The number of anilines is 1. The van der Waals surface area contributed by atoms with E-state index >= 15 is 0 Å². The zero-order chi connectivity index (χ0) is 23.0. The first kappa shape index (κ1) is 20.9. The fourth-order valence-corrected chi connectivity index (χ4v) is 4.59. The second-order valence-electron chi connectivity index (χ2n) is 8.80. The summed E-state index contributed by atoms with van der Waals surface area (Å²) in [6, 6.07) is 21.9. The second-order valence-corrected chi connectivity index (χ2v) is 8.80. The molecule has 2 aliphatic rings. The Hall–Kier alpha value is -3.93. The first-order valence-corrected chi connectivity index (χ1v) is 11.2. The lowest BCUT2D eigenvalue weighted by Gasteiger charge is -2.23. The van der Waals surface area contributed by atoms with Crippen molar-refractivity contribution in [2.75, 3.05) is 5.32 Å². The van der Waals surface area contributed by atoms with Crippen LogP contribution < -0.4 is 10.6 Å². The van der Waals surface area contributed by atoms with Gasteiger partial charge in [0.1, 0.15) is 5.54 Å². The summed E-state index contributed by atoms with van der Waals surface area (Å²) < 4.78 is 0. The van der Waals surface area contributed by atoms with Crippen molar-refractivity contribution in [1.82, 2.24) is 10.2 Å². The minimum atomic E-state index is -1.08. The van der Waals surface area contributed by atoms with Gasteiger partial charge in [0.15, 0.2) is 0 Å². The van der Waals surface area contributed by atoms with Crippen LogP contribution in [-0.2, 0) is 29.7 Å². The summed E-state index contributed by atoms with van der Waals surface area (Å²) in [5.41, 5.74) is 4.32. The van der Waals surface area contributed by atoms with E-state index in [4.69, 9.17) is 0 Å². The van der Waals surface area contributed by atoms with Gasteiger partial charge >= 0.3 is 6.03 Å². The van der Waals surface area contributed by atoms with Crippen LogP contribution in [0.2, 0.25) is 0 Å². The van der Waals surface area contributed by atoms with Gasteiger partial charge in [0.25, 0.3) is 11.8 Å². The summed E-state index contributed by atoms with van der Waals surface area (Å²) in [5.74, 6) is -0.483. The van der Waals surface area contributed by atoms with Gasteiger partial charge in [0.2, 0.25) is 0 Å². The molecule has 1 atom stereocenters. The SMILES string of the molecule is C[C@@]1(c2ccc3c(c2)CCC3)NC(=O)N(Cc2ccc(C(=O)Nc3ccccc3)cc2)C1=O. The highest BCUT2D eigenvalue weighted by atomic mass is 16.2. The molecule has 1 heterocycles. The van der Waals surface area contributed by atoms with E-state index in [1.165, 1.54) is 16.0 Å². The van der Waals surface area contributed by atoms with Gasteiger partial charge in [-0.3, -0.25) is 14.5 Å². The molecule has 1 aliphatic carbocycles. The summed E-state index contributed by atoms with van der Waals surface area (Å²) in [5, 5.41) is 5.73. The van der Waals surface area contributed by atoms with Crippen molar-refractivity contribution in [1.29, 1.82) is 0 Å². The molecule has 1 saturated heterocycles. The maximum absolute atomic E-state index is 13.3. The summed E-state index contributed by atoms with van der Waals surface area (Å²) >= 11 is 0. The molecule has 0 spiro atoms. The number of nitrogens with zero attached hydrogens (tertiary/aromatic N) is 1. The van der Waals surface area contributed by atoms with Crippen molar-refractivity contribution < 1.29 is 14.4 Å². The Morgan fingerprint density at radius 1 is 0.970 bits per heavy atom. The van der Waals surface area contributed by atoms with E-state index in [0.717, 1.165) is 36.1 Å². The maximum atomic E-state index is 13.3. The molecule has 0 bridgehead atoms. The number of nitrogens with one attached hydrogen (secondary N) is 2. The largest absolute Gasteiger partial charge is 0.325 e. The molecule has 3 aromatic rings. The Balaban J connectivity index is 1.30.